The van der Waals surface area contributed by atoms with Crippen LogP contribution in [0.4, 0.5) is 0 Å². The van der Waals surface area contributed by atoms with Gasteiger partial charge in [0.05, 0.1) is 18.0 Å². The average molecular weight is 189 g/mol. The minimum atomic E-state index is 0.542. The average Bonchev–Trinajstić information content (AvgIpc) is 2.64. The quantitative estimate of drug-likeness (QED) is 0.794. The van der Waals surface area contributed by atoms with Crippen molar-refractivity contribution in [3.8, 4) is 0 Å². The predicted octanol–water partition coefficient (Wildman–Crippen LogP) is 1.47. The van der Waals surface area contributed by atoms with Crippen LogP contribution in [0.25, 0.3) is 5.52 Å². The molecule has 2 aromatic rings. The van der Waals surface area contributed by atoms with Gasteiger partial charge in [-0.15, -0.1) is 0 Å². The van der Waals surface area contributed by atoms with Crippen molar-refractivity contribution in [3.05, 3.63) is 36.4 Å². The molecule has 2 N–H and O–H groups in total. The van der Waals surface area contributed by atoms with Crippen LogP contribution in [0.2, 0.25) is 0 Å². The van der Waals surface area contributed by atoms with Crippen molar-refractivity contribution in [1.29, 1.82) is 0 Å². The number of nitrogens with two attached hydrogens (primary N) is 1. The monoisotopic (exact) mass is 189 g/mol. The second kappa shape index (κ2) is 3.80. The van der Waals surface area contributed by atoms with E-state index in [1.165, 1.54) is 5.56 Å². The maximum atomic E-state index is 5.59. The fourth-order valence-corrected chi connectivity index (χ4v) is 1.58. The van der Waals surface area contributed by atoms with Crippen molar-refractivity contribution in [2.45, 2.75) is 13.3 Å². The van der Waals surface area contributed by atoms with Crippen LogP contribution >= 0.6 is 0 Å². The van der Waals surface area contributed by atoms with Gasteiger partial charge >= 0.3 is 0 Å². The number of imidazole rings is 1. The Hall–Kier alpha value is -1.35. The number of rotatable bonds is 3. The van der Waals surface area contributed by atoms with Crippen molar-refractivity contribution < 1.29 is 0 Å². The van der Waals surface area contributed by atoms with E-state index in [9.17, 15) is 0 Å². The number of aromatic nitrogens is 2. The summed E-state index contributed by atoms with van der Waals surface area (Å²) in [5.74, 6) is 0.542. The fourth-order valence-electron chi connectivity index (χ4n) is 1.58. The van der Waals surface area contributed by atoms with Gasteiger partial charge in [-0.25, -0.2) is 4.98 Å². The summed E-state index contributed by atoms with van der Waals surface area (Å²) in [5.41, 5.74) is 8.07. The van der Waals surface area contributed by atoms with E-state index in [-0.39, 0.29) is 0 Å². The highest BCUT2D eigenvalue weighted by molar-refractivity contribution is 5.46. The van der Waals surface area contributed by atoms with E-state index >= 15 is 0 Å². The van der Waals surface area contributed by atoms with Gasteiger partial charge < -0.3 is 10.1 Å². The topological polar surface area (TPSA) is 43.3 Å². The number of pyridine rings is 1. The maximum absolute atomic E-state index is 5.59. The van der Waals surface area contributed by atoms with Crippen LogP contribution in [-0.4, -0.2) is 15.9 Å². The molecular weight excluding hydrogens is 174 g/mol. The Labute approximate surface area is 83.6 Å². The molecule has 0 spiro atoms. The molecule has 0 saturated carbocycles. The third-order valence-electron chi connectivity index (χ3n) is 2.47. The van der Waals surface area contributed by atoms with Gasteiger partial charge in [0.2, 0.25) is 0 Å². The van der Waals surface area contributed by atoms with E-state index in [4.69, 9.17) is 5.73 Å². The van der Waals surface area contributed by atoms with Gasteiger partial charge in [0, 0.05) is 6.20 Å². The largest absolute Gasteiger partial charge is 0.330 e. The molecule has 2 rings (SSSR count). The Morgan fingerprint density at radius 2 is 2.43 bits per heavy atom. The number of hydrogen-bond donors (Lipinski definition) is 1. The van der Waals surface area contributed by atoms with Crippen LogP contribution in [0.3, 0.4) is 0 Å². The molecule has 0 aliphatic rings. The molecule has 1 atom stereocenters. The van der Waals surface area contributed by atoms with Crippen LogP contribution in [0.15, 0.2) is 30.9 Å². The summed E-state index contributed by atoms with van der Waals surface area (Å²) in [6.45, 7) is 2.91. The number of fused-ring (bicyclic) bond motifs is 1. The summed E-state index contributed by atoms with van der Waals surface area (Å²) in [6, 6.07) is 4.29. The van der Waals surface area contributed by atoms with Crippen molar-refractivity contribution in [2.24, 2.45) is 11.7 Å². The first-order valence-corrected chi connectivity index (χ1v) is 4.90. The first kappa shape index (κ1) is 9.21. The summed E-state index contributed by atoms with van der Waals surface area (Å²) in [5, 5.41) is 0. The molecule has 0 fully saturated rings. The zero-order valence-corrected chi connectivity index (χ0v) is 8.35. The zero-order chi connectivity index (χ0) is 9.97. The Balaban J connectivity index is 2.25. The molecule has 0 radical (unpaired) electrons. The molecule has 14 heavy (non-hydrogen) atoms. The molecule has 3 nitrogen and oxygen atoms in total. The molecule has 0 aromatic carbocycles. The van der Waals surface area contributed by atoms with E-state index in [1.807, 2.05) is 23.1 Å². The Bertz CT molecular complexity index is 419. The minimum Gasteiger partial charge on any atom is -0.330 e. The highest BCUT2D eigenvalue weighted by Gasteiger charge is 2.02. The Morgan fingerprint density at radius 3 is 3.21 bits per heavy atom. The third-order valence-corrected chi connectivity index (χ3v) is 2.47. The van der Waals surface area contributed by atoms with Gasteiger partial charge in [-0.2, -0.15) is 0 Å². The lowest BCUT2D eigenvalue weighted by Gasteiger charge is -2.08. The predicted molar refractivity (Wildman–Crippen MR) is 57.1 cm³/mol. The normalized spacial score (nSPS) is 13.3. The number of nitrogens with zero attached hydrogens (tertiary/aromatic N) is 2. The minimum absolute atomic E-state index is 0.542. The SMILES string of the molecule is CC(CN)Cc1ccn2cncc2c1. The van der Waals surface area contributed by atoms with Crippen LogP contribution in [-0.2, 0) is 6.42 Å². The standard InChI is InChI=1S/C11H15N3/c1-9(6-12)4-10-2-3-14-8-13-7-11(14)5-10/h2-3,5,7-9H,4,6,12H2,1H3. The summed E-state index contributed by atoms with van der Waals surface area (Å²) < 4.78 is 2.01. The van der Waals surface area contributed by atoms with Crippen LogP contribution in [0.1, 0.15) is 12.5 Å². The van der Waals surface area contributed by atoms with Crippen molar-refractivity contribution in [1.82, 2.24) is 9.38 Å². The van der Waals surface area contributed by atoms with E-state index < -0.39 is 0 Å². The molecule has 0 amide bonds. The molecule has 74 valence electrons. The Morgan fingerprint density at radius 1 is 1.57 bits per heavy atom. The second-order valence-corrected chi connectivity index (χ2v) is 3.81. The van der Waals surface area contributed by atoms with Crippen molar-refractivity contribution >= 4 is 5.52 Å². The number of hydrogen-bond acceptors (Lipinski definition) is 2. The Kier molecular flexibility index (Phi) is 2.50. The second-order valence-electron chi connectivity index (χ2n) is 3.81. The van der Waals surface area contributed by atoms with Gasteiger partial charge in [0.15, 0.2) is 0 Å². The van der Waals surface area contributed by atoms with Crippen LogP contribution < -0.4 is 5.73 Å². The van der Waals surface area contributed by atoms with Gasteiger partial charge in [-0.3, -0.25) is 0 Å². The van der Waals surface area contributed by atoms with E-state index in [0.29, 0.717) is 5.92 Å². The highest BCUT2D eigenvalue weighted by atomic mass is 15.0. The van der Waals surface area contributed by atoms with Crippen LogP contribution in [0, 0.1) is 5.92 Å². The smallest absolute Gasteiger partial charge is 0.0991 e. The van der Waals surface area contributed by atoms with Gasteiger partial charge in [0.25, 0.3) is 0 Å². The molecule has 2 aromatic heterocycles. The van der Waals surface area contributed by atoms with Crippen molar-refractivity contribution in [3.63, 3.8) is 0 Å². The fraction of sp³-hybridized carbons (Fsp3) is 0.364. The van der Waals surface area contributed by atoms with Crippen molar-refractivity contribution in [2.75, 3.05) is 6.54 Å². The van der Waals surface area contributed by atoms with Gasteiger partial charge in [-0.05, 0) is 36.6 Å². The molecule has 0 aliphatic carbocycles. The van der Waals surface area contributed by atoms with E-state index in [1.54, 1.807) is 0 Å². The lowest BCUT2D eigenvalue weighted by molar-refractivity contribution is 0.593. The molecular formula is C11H15N3. The lowest BCUT2D eigenvalue weighted by Crippen LogP contribution is -2.13. The summed E-state index contributed by atoms with van der Waals surface area (Å²) in [7, 11) is 0. The third kappa shape index (κ3) is 1.77. The summed E-state index contributed by atoms with van der Waals surface area (Å²) in [4.78, 5) is 4.08. The molecule has 3 heteroatoms. The summed E-state index contributed by atoms with van der Waals surface area (Å²) in [6.07, 6.45) is 6.77. The van der Waals surface area contributed by atoms with E-state index in [0.717, 1.165) is 18.5 Å². The first-order chi connectivity index (χ1) is 6.79. The lowest BCUT2D eigenvalue weighted by atomic mass is 10.0. The van der Waals surface area contributed by atoms with E-state index in [2.05, 4.69) is 24.0 Å². The summed E-state index contributed by atoms with van der Waals surface area (Å²) >= 11 is 0. The molecule has 1 unspecified atom stereocenters. The van der Waals surface area contributed by atoms with Crippen LogP contribution in [0.5, 0.6) is 0 Å². The van der Waals surface area contributed by atoms with Gasteiger partial charge in [-0.1, -0.05) is 6.92 Å². The van der Waals surface area contributed by atoms with Gasteiger partial charge in [0.1, 0.15) is 0 Å². The highest BCUT2D eigenvalue weighted by Crippen LogP contribution is 2.10. The molecule has 2 heterocycles. The maximum Gasteiger partial charge on any atom is 0.0991 e. The molecule has 0 bridgehead atoms. The first-order valence-electron chi connectivity index (χ1n) is 4.90. The molecule has 0 aliphatic heterocycles. The zero-order valence-electron chi connectivity index (χ0n) is 8.35. The molecule has 0 saturated heterocycles.